The Morgan fingerprint density at radius 1 is 1.26 bits per heavy atom. The highest BCUT2D eigenvalue weighted by molar-refractivity contribution is 6.07. The minimum absolute atomic E-state index is 0.368. The molecule has 0 unspecified atom stereocenters. The summed E-state index contributed by atoms with van der Waals surface area (Å²) in [5.74, 6) is -1.44. The maximum atomic E-state index is 12.4. The highest BCUT2D eigenvalue weighted by Crippen LogP contribution is 2.24. The molecule has 0 aliphatic rings. The molecule has 2 aromatic rings. The number of aliphatic carboxylic acids is 1. The van der Waals surface area contributed by atoms with Gasteiger partial charge < -0.3 is 14.4 Å². The summed E-state index contributed by atoms with van der Waals surface area (Å²) in [7, 11) is 1.47. The summed E-state index contributed by atoms with van der Waals surface area (Å²) < 4.78 is 5.30. The molecular weight excluding hydrogens is 246 g/mol. The van der Waals surface area contributed by atoms with Crippen molar-refractivity contribution in [2.75, 3.05) is 7.05 Å². The van der Waals surface area contributed by atoms with Crippen LogP contribution in [-0.4, -0.2) is 34.5 Å². The number of likely N-dealkylation sites (N-methyl/N-ethyl adjacent to an activating group) is 1. The van der Waals surface area contributed by atoms with Crippen molar-refractivity contribution < 1.29 is 19.1 Å². The van der Waals surface area contributed by atoms with E-state index in [2.05, 4.69) is 0 Å². The Morgan fingerprint density at radius 2 is 1.89 bits per heavy atom. The number of para-hydroxylation sites is 1. The lowest BCUT2D eigenvalue weighted by Gasteiger charge is -2.31. The van der Waals surface area contributed by atoms with Crippen molar-refractivity contribution in [3.8, 4) is 0 Å². The van der Waals surface area contributed by atoms with Crippen LogP contribution < -0.4 is 0 Å². The molecule has 0 saturated carbocycles. The summed E-state index contributed by atoms with van der Waals surface area (Å²) in [6, 6.07) is 7.14. The first-order valence-electron chi connectivity index (χ1n) is 5.83. The van der Waals surface area contributed by atoms with Gasteiger partial charge in [0.05, 0.1) is 5.56 Å². The molecule has 0 saturated heterocycles. The van der Waals surface area contributed by atoms with Crippen molar-refractivity contribution in [2.24, 2.45) is 0 Å². The highest BCUT2D eigenvalue weighted by atomic mass is 16.4. The highest BCUT2D eigenvalue weighted by Gasteiger charge is 2.36. The summed E-state index contributed by atoms with van der Waals surface area (Å²) in [6.07, 6.45) is 1.36. The van der Waals surface area contributed by atoms with Crippen LogP contribution in [0.1, 0.15) is 24.2 Å². The number of hydrogen-bond donors (Lipinski definition) is 1. The van der Waals surface area contributed by atoms with E-state index in [-0.39, 0.29) is 5.91 Å². The van der Waals surface area contributed by atoms with Gasteiger partial charge in [-0.1, -0.05) is 18.2 Å². The van der Waals surface area contributed by atoms with Crippen molar-refractivity contribution in [2.45, 2.75) is 19.4 Å². The summed E-state index contributed by atoms with van der Waals surface area (Å²) in [4.78, 5) is 24.8. The van der Waals surface area contributed by atoms with E-state index in [1.807, 2.05) is 6.07 Å². The predicted octanol–water partition coefficient (Wildman–Crippen LogP) is 2.37. The SMILES string of the molecule is CN(C(=O)c1coc2ccccc12)C(C)(C)C(=O)O. The van der Waals surface area contributed by atoms with Gasteiger partial charge in [0.15, 0.2) is 0 Å². The second kappa shape index (κ2) is 4.42. The number of carbonyl (C=O) groups is 2. The van der Waals surface area contributed by atoms with E-state index in [9.17, 15) is 9.59 Å². The molecule has 1 N–H and O–H groups in total. The second-order valence-electron chi connectivity index (χ2n) is 4.87. The van der Waals surface area contributed by atoms with E-state index >= 15 is 0 Å². The van der Waals surface area contributed by atoms with Crippen molar-refractivity contribution in [3.05, 3.63) is 36.1 Å². The number of fused-ring (bicyclic) bond motifs is 1. The average Bonchev–Trinajstić information content (AvgIpc) is 2.80. The number of benzene rings is 1. The molecule has 0 bridgehead atoms. The van der Waals surface area contributed by atoms with Gasteiger partial charge in [-0.15, -0.1) is 0 Å². The summed E-state index contributed by atoms with van der Waals surface area (Å²) in [5.41, 5.74) is -0.310. The number of carboxylic acid groups (broad SMARTS) is 1. The fourth-order valence-electron chi connectivity index (χ4n) is 1.72. The van der Waals surface area contributed by atoms with Gasteiger partial charge in [-0.05, 0) is 19.9 Å². The van der Waals surface area contributed by atoms with Gasteiger partial charge in [-0.25, -0.2) is 4.79 Å². The van der Waals surface area contributed by atoms with Crippen LogP contribution >= 0.6 is 0 Å². The standard InChI is InChI=1S/C14H15NO4/c1-14(2,13(17)18)15(3)12(16)10-8-19-11-7-5-4-6-9(10)11/h4-8H,1-3H3,(H,17,18). The Labute approximate surface area is 110 Å². The molecule has 0 atom stereocenters. The van der Waals surface area contributed by atoms with Crippen molar-refractivity contribution in [3.63, 3.8) is 0 Å². The lowest BCUT2D eigenvalue weighted by atomic mass is 10.0. The first-order valence-corrected chi connectivity index (χ1v) is 5.83. The van der Waals surface area contributed by atoms with Crippen molar-refractivity contribution >= 4 is 22.8 Å². The van der Waals surface area contributed by atoms with Gasteiger partial charge in [0.25, 0.3) is 5.91 Å². The Hall–Kier alpha value is -2.30. The summed E-state index contributed by atoms with van der Waals surface area (Å²) in [6.45, 7) is 2.96. The van der Waals surface area contributed by atoms with E-state index in [0.29, 0.717) is 16.5 Å². The van der Waals surface area contributed by atoms with Gasteiger partial charge in [0, 0.05) is 12.4 Å². The topological polar surface area (TPSA) is 70.8 Å². The number of rotatable bonds is 3. The zero-order chi connectivity index (χ0) is 14.2. The van der Waals surface area contributed by atoms with Crippen LogP contribution in [0, 0.1) is 0 Å². The van der Waals surface area contributed by atoms with Crippen LogP contribution in [0.25, 0.3) is 11.0 Å². The number of amides is 1. The van der Waals surface area contributed by atoms with E-state index in [1.165, 1.54) is 32.1 Å². The lowest BCUT2D eigenvalue weighted by Crippen LogP contribution is -2.50. The molecule has 0 aliphatic carbocycles. The number of hydrogen-bond acceptors (Lipinski definition) is 3. The van der Waals surface area contributed by atoms with E-state index in [0.717, 1.165) is 0 Å². The summed E-state index contributed by atoms with van der Waals surface area (Å²) in [5, 5.41) is 9.84. The van der Waals surface area contributed by atoms with Gasteiger partial charge >= 0.3 is 5.97 Å². The lowest BCUT2D eigenvalue weighted by molar-refractivity contribution is -0.147. The number of carboxylic acids is 1. The Morgan fingerprint density at radius 3 is 2.53 bits per heavy atom. The van der Waals surface area contributed by atoms with Crippen LogP contribution in [0.3, 0.4) is 0 Å². The molecule has 19 heavy (non-hydrogen) atoms. The quantitative estimate of drug-likeness (QED) is 0.920. The van der Waals surface area contributed by atoms with Gasteiger partial charge in [0.2, 0.25) is 0 Å². The maximum absolute atomic E-state index is 12.4. The molecule has 1 aromatic heterocycles. The molecule has 0 spiro atoms. The van der Waals surface area contributed by atoms with E-state index in [1.54, 1.807) is 18.2 Å². The Bertz CT molecular complexity index is 642. The summed E-state index contributed by atoms with van der Waals surface area (Å²) >= 11 is 0. The monoisotopic (exact) mass is 261 g/mol. The van der Waals surface area contributed by atoms with Crippen LogP contribution in [0.2, 0.25) is 0 Å². The number of nitrogens with zero attached hydrogens (tertiary/aromatic N) is 1. The molecule has 1 amide bonds. The average molecular weight is 261 g/mol. The molecule has 0 aliphatic heterocycles. The van der Waals surface area contributed by atoms with Crippen LogP contribution in [-0.2, 0) is 4.79 Å². The molecule has 1 heterocycles. The second-order valence-corrected chi connectivity index (χ2v) is 4.87. The van der Waals surface area contributed by atoms with E-state index < -0.39 is 11.5 Å². The van der Waals surface area contributed by atoms with Gasteiger partial charge in [0.1, 0.15) is 17.4 Å². The molecule has 1 aromatic carbocycles. The van der Waals surface area contributed by atoms with Gasteiger partial charge in [-0.2, -0.15) is 0 Å². The van der Waals surface area contributed by atoms with Crippen molar-refractivity contribution in [1.82, 2.24) is 4.90 Å². The Balaban J connectivity index is 2.42. The fraction of sp³-hybridized carbons (Fsp3) is 0.286. The predicted molar refractivity (Wildman–Crippen MR) is 70.0 cm³/mol. The first kappa shape index (κ1) is 13.1. The molecule has 5 heteroatoms. The van der Waals surface area contributed by atoms with E-state index in [4.69, 9.17) is 9.52 Å². The van der Waals surface area contributed by atoms with Crippen LogP contribution in [0.5, 0.6) is 0 Å². The van der Waals surface area contributed by atoms with Crippen LogP contribution in [0.4, 0.5) is 0 Å². The third kappa shape index (κ3) is 2.07. The van der Waals surface area contributed by atoms with Crippen LogP contribution in [0.15, 0.2) is 34.9 Å². The number of furan rings is 1. The largest absolute Gasteiger partial charge is 0.480 e. The number of carbonyl (C=O) groups excluding carboxylic acids is 1. The van der Waals surface area contributed by atoms with Gasteiger partial charge in [-0.3, -0.25) is 4.79 Å². The fourth-order valence-corrected chi connectivity index (χ4v) is 1.72. The minimum atomic E-state index is -1.28. The molecular formula is C14H15NO4. The third-order valence-electron chi connectivity index (χ3n) is 3.38. The maximum Gasteiger partial charge on any atom is 0.329 e. The minimum Gasteiger partial charge on any atom is -0.480 e. The molecule has 100 valence electrons. The Kier molecular flexibility index (Phi) is 3.06. The zero-order valence-corrected chi connectivity index (χ0v) is 11.0. The third-order valence-corrected chi connectivity index (χ3v) is 3.38. The normalized spacial score (nSPS) is 11.5. The smallest absolute Gasteiger partial charge is 0.329 e. The molecule has 2 rings (SSSR count). The first-order chi connectivity index (χ1) is 8.85. The zero-order valence-electron chi connectivity index (χ0n) is 11.0. The van der Waals surface area contributed by atoms with Crippen molar-refractivity contribution in [1.29, 1.82) is 0 Å². The molecule has 5 nitrogen and oxygen atoms in total. The molecule has 0 fully saturated rings. The molecule has 0 radical (unpaired) electrons.